The lowest BCUT2D eigenvalue weighted by atomic mass is 9.96. The van der Waals surface area contributed by atoms with Gasteiger partial charge in [-0.3, -0.25) is 9.36 Å². The topological polar surface area (TPSA) is 122 Å². The Balaban J connectivity index is 2.16. The molecule has 0 aliphatic carbocycles. The van der Waals surface area contributed by atoms with Crippen LogP contribution < -0.4 is 5.32 Å². The molecule has 1 fully saturated rings. The standard InChI is InChI=1S/C20H26ClFN4O5S/c1-9(2)7-25-18(11-4-5-13(22)12(21)6-11)24-26(20(25)32)19-15(23-10(3)28)17(30)16(29)14(8-27)31-19/h4-6,9,14-17,19,27,29-30H,7-8H2,1-3H3,(H,23,28)/t14-,15-,16-,17-,19-/m1/s1. The highest BCUT2D eigenvalue weighted by molar-refractivity contribution is 7.71. The lowest BCUT2D eigenvalue weighted by Crippen LogP contribution is -2.62. The number of benzene rings is 1. The lowest BCUT2D eigenvalue weighted by Gasteiger charge is -2.42. The van der Waals surface area contributed by atoms with Crippen LogP contribution in [0.5, 0.6) is 0 Å². The first kappa shape index (κ1) is 24.7. The van der Waals surface area contributed by atoms with Crippen molar-refractivity contribution in [2.45, 2.75) is 57.9 Å². The van der Waals surface area contributed by atoms with E-state index >= 15 is 0 Å². The number of aliphatic hydroxyl groups excluding tert-OH is 3. The molecule has 12 heteroatoms. The smallest absolute Gasteiger partial charge is 0.217 e. The first-order valence-corrected chi connectivity index (χ1v) is 10.9. The van der Waals surface area contributed by atoms with Crippen molar-refractivity contribution in [3.63, 3.8) is 0 Å². The van der Waals surface area contributed by atoms with Crippen LogP contribution in [0.15, 0.2) is 18.2 Å². The summed E-state index contributed by atoms with van der Waals surface area (Å²) in [6.07, 6.45) is -5.13. The van der Waals surface area contributed by atoms with Gasteiger partial charge < -0.3 is 25.4 Å². The maximum Gasteiger partial charge on any atom is 0.217 e. The third-order valence-electron chi connectivity index (χ3n) is 5.12. The van der Waals surface area contributed by atoms with E-state index in [-0.39, 0.29) is 15.7 Å². The van der Waals surface area contributed by atoms with Crippen molar-refractivity contribution in [1.29, 1.82) is 0 Å². The summed E-state index contributed by atoms with van der Waals surface area (Å²) in [6.45, 7) is 5.13. The van der Waals surface area contributed by atoms with Crippen molar-refractivity contribution in [3.05, 3.63) is 33.8 Å². The van der Waals surface area contributed by atoms with Gasteiger partial charge in [0.05, 0.1) is 11.6 Å². The number of aliphatic hydroxyl groups is 3. The summed E-state index contributed by atoms with van der Waals surface area (Å²) in [5.74, 6) is -0.481. The van der Waals surface area contributed by atoms with E-state index in [0.717, 1.165) is 0 Å². The summed E-state index contributed by atoms with van der Waals surface area (Å²) in [7, 11) is 0. The number of aromatic nitrogens is 3. The van der Waals surface area contributed by atoms with Crippen LogP contribution in [-0.4, -0.2) is 66.5 Å². The number of hydrogen-bond donors (Lipinski definition) is 4. The molecule has 1 aromatic heterocycles. The van der Waals surface area contributed by atoms with E-state index in [1.165, 1.54) is 29.8 Å². The summed E-state index contributed by atoms with van der Waals surface area (Å²) >= 11 is 11.6. The van der Waals surface area contributed by atoms with Gasteiger partial charge in [-0.05, 0) is 36.3 Å². The van der Waals surface area contributed by atoms with Gasteiger partial charge in [-0.1, -0.05) is 25.4 Å². The summed E-state index contributed by atoms with van der Waals surface area (Å²) in [4.78, 5) is 11.8. The molecule has 2 aromatic rings. The van der Waals surface area contributed by atoms with Crippen LogP contribution in [0, 0.1) is 16.5 Å². The molecule has 0 bridgehead atoms. The van der Waals surface area contributed by atoms with E-state index in [1.54, 1.807) is 4.57 Å². The minimum atomic E-state index is -1.45. The maximum atomic E-state index is 13.7. The molecule has 1 aromatic carbocycles. The number of hydrogen-bond acceptors (Lipinski definition) is 7. The molecule has 2 heterocycles. The molecule has 0 saturated carbocycles. The molecule has 4 N–H and O–H groups in total. The Kier molecular flexibility index (Phi) is 7.69. The molecule has 1 aliphatic heterocycles. The van der Waals surface area contributed by atoms with Crippen LogP contribution in [0.3, 0.4) is 0 Å². The average molecular weight is 489 g/mol. The van der Waals surface area contributed by atoms with Crippen LogP contribution in [0.4, 0.5) is 4.39 Å². The highest BCUT2D eigenvalue weighted by Crippen LogP contribution is 2.31. The van der Waals surface area contributed by atoms with Gasteiger partial charge in [0, 0.05) is 19.0 Å². The molecule has 1 saturated heterocycles. The number of carbonyl (C=O) groups is 1. The Morgan fingerprint density at radius 2 is 2.06 bits per heavy atom. The fraction of sp³-hybridized carbons (Fsp3) is 0.550. The Bertz CT molecular complexity index is 1050. The monoisotopic (exact) mass is 488 g/mol. The number of amides is 1. The van der Waals surface area contributed by atoms with E-state index in [1.807, 2.05) is 13.8 Å². The Hall–Kier alpha value is -1.89. The average Bonchev–Trinajstić information content (AvgIpc) is 3.03. The Morgan fingerprint density at radius 1 is 1.38 bits per heavy atom. The molecule has 9 nitrogen and oxygen atoms in total. The van der Waals surface area contributed by atoms with Crippen molar-refractivity contribution in [2.24, 2.45) is 5.92 Å². The zero-order valence-corrected chi connectivity index (χ0v) is 19.3. The van der Waals surface area contributed by atoms with Gasteiger partial charge in [0.25, 0.3) is 0 Å². The predicted octanol–water partition coefficient (Wildman–Crippen LogP) is 1.65. The highest BCUT2D eigenvalue weighted by Gasteiger charge is 2.46. The van der Waals surface area contributed by atoms with Gasteiger partial charge in [0.1, 0.15) is 30.2 Å². The first-order chi connectivity index (χ1) is 15.0. The van der Waals surface area contributed by atoms with Gasteiger partial charge in [0.2, 0.25) is 10.7 Å². The second kappa shape index (κ2) is 9.94. The number of halogens is 2. The normalized spacial score (nSPS) is 25.8. The van der Waals surface area contributed by atoms with Crippen LogP contribution in [-0.2, 0) is 16.1 Å². The van der Waals surface area contributed by atoms with E-state index in [2.05, 4.69) is 10.4 Å². The summed E-state index contributed by atoms with van der Waals surface area (Å²) in [5, 5.41) is 37.5. The predicted molar refractivity (Wildman–Crippen MR) is 117 cm³/mol. The molecule has 1 amide bonds. The summed E-state index contributed by atoms with van der Waals surface area (Å²) in [6, 6.07) is 3.07. The number of nitrogens with zero attached hydrogens (tertiary/aromatic N) is 3. The molecule has 176 valence electrons. The van der Waals surface area contributed by atoms with Gasteiger partial charge in [-0.2, -0.15) is 0 Å². The van der Waals surface area contributed by atoms with Crippen molar-refractivity contribution in [3.8, 4) is 11.4 Å². The van der Waals surface area contributed by atoms with Crippen LogP contribution >= 0.6 is 23.8 Å². The van der Waals surface area contributed by atoms with Crippen LogP contribution in [0.25, 0.3) is 11.4 Å². The second-order valence-electron chi connectivity index (χ2n) is 8.14. The first-order valence-electron chi connectivity index (χ1n) is 10.1. The number of rotatable bonds is 6. The van der Waals surface area contributed by atoms with Gasteiger partial charge in [-0.25, -0.2) is 9.07 Å². The molecule has 0 radical (unpaired) electrons. The quantitative estimate of drug-likeness (QED) is 0.456. The Labute approximate surface area is 194 Å². The maximum absolute atomic E-state index is 13.7. The SMILES string of the molecule is CC(=O)N[C@@H]1[C@@H](O)[C@H](O)[C@@H](CO)O[C@H]1n1nc(-c2ccc(F)c(Cl)c2)n(CC(C)C)c1=S. The fourth-order valence-electron chi connectivity index (χ4n) is 3.65. The van der Waals surface area contributed by atoms with Crippen molar-refractivity contribution in [1.82, 2.24) is 19.7 Å². The fourth-order valence-corrected chi connectivity index (χ4v) is 4.14. The van der Waals surface area contributed by atoms with E-state index < -0.39 is 48.9 Å². The van der Waals surface area contributed by atoms with E-state index in [0.29, 0.717) is 17.9 Å². The van der Waals surface area contributed by atoms with Gasteiger partial charge >= 0.3 is 0 Å². The largest absolute Gasteiger partial charge is 0.394 e. The molecule has 1 aliphatic rings. The number of carbonyl (C=O) groups excluding carboxylic acids is 1. The Morgan fingerprint density at radius 3 is 2.62 bits per heavy atom. The zero-order chi connectivity index (χ0) is 23.7. The molecule has 0 unspecified atom stereocenters. The van der Waals surface area contributed by atoms with Gasteiger partial charge in [-0.15, -0.1) is 5.10 Å². The van der Waals surface area contributed by atoms with Crippen molar-refractivity contribution in [2.75, 3.05) is 6.61 Å². The molecule has 0 spiro atoms. The highest BCUT2D eigenvalue weighted by atomic mass is 35.5. The molecular weight excluding hydrogens is 463 g/mol. The zero-order valence-electron chi connectivity index (χ0n) is 17.8. The second-order valence-corrected chi connectivity index (χ2v) is 8.91. The van der Waals surface area contributed by atoms with Crippen LogP contribution in [0.1, 0.15) is 27.0 Å². The minimum Gasteiger partial charge on any atom is -0.394 e. The molecule has 5 atom stereocenters. The summed E-state index contributed by atoms with van der Waals surface area (Å²) < 4.78 is 22.8. The molecule has 3 rings (SSSR count). The van der Waals surface area contributed by atoms with Crippen LogP contribution in [0.2, 0.25) is 5.02 Å². The minimum absolute atomic E-state index is 0.0806. The molecular formula is C20H26ClFN4O5S. The number of ether oxygens (including phenoxy) is 1. The molecule has 32 heavy (non-hydrogen) atoms. The summed E-state index contributed by atoms with van der Waals surface area (Å²) in [5.41, 5.74) is 0.507. The van der Waals surface area contributed by atoms with E-state index in [9.17, 15) is 24.5 Å². The third kappa shape index (κ3) is 4.87. The van der Waals surface area contributed by atoms with Crippen molar-refractivity contribution < 1.29 is 29.2 Å². The van der Waals surface area contributed by atoms with Crippen molar-refractivity contribution >= 4 is 29.7 Å². The number of nitrogens with one attached hydrogen (secondary N) is 1. The van der Waals surface area contributed by atoms with E-state index in [4.69, 9.17) is 28.6 Å². The third-order valence-corrected chi connectivity index (χ3v) is 5.82. The lowest BCUT2D eigenvalue weighted by molar-refractivity contribution is -0.219. The van der Waals surface area contributed by atoms with Gasteiger partial charge in [0.15, 0.2) is 12.1 Å².